The number of benzene rings is 2. The number of hydrogen-bond acceptors (Lipinski definition) is 6. The smallest absolute Gasteiger partial charge is 0.475 e. The molecular formula is C24H23ClF5N5O2. The average Bonchev–Trinajstić information content (AvgIpc) is 3.64. The van der Waals surface area contributed by atoms with E-state index in [-0.39, 0.29) is 0 Å². The van der Waals surface area contributed by atoms with E-state index in [0.29, 0.717) is 28.7 Å². The molecule has 1 aliphatic heterocycles. The number of aliphatic carboxylic acids is 1. The van der Waals surface area contributed by atoms with E-state index in [1.165, 1.54) is 5.56 Å². The van der Waals surface area contributed by atoms with Gasteiger partial charge in [0.15, 0.2) is 23.3 Å². The maximum absolute atomic E-state index is 13.7. The van der Waals surface area contributed by atoms with Gasteiger partial charge in [0, 0.05) is 55.9 Å². The van der Waals surface area contributed by atoms with E-state index in [4.69, 9.17) is 21.5 Å². The second kappa shape index (κ2) is 11.0. The van der Waals surface area contributed by atoms with Crippen molar-refractivity contribution >= 4 is 40.2 Å². The largest absolute Gasteiger partial charge is 0.490 e. The number of rotatable bonds is 5. The molecule has 5 rings (SSSR count). The summed E-state index contributed by atoms with van der Waals surface area (Å²) in [6.45, 7) is 4.14. The van der Waals surface area contributed by atoms with Gasteiger partial charge in [-0.3, -0.25) is 4.90 Å². The molecule has 2 aliphatic rings. The van der Waals surface area contributed by atoms with Gasteiger partial charge in [-0.2, -0.15) is 13.2 Å². The molecule has 3 aromatic rings. The summed E-state index contributed by atoms with van der Waals surface area (Å²) in [4.78, 5) is 22.7. The van der Waals surface area contributed by atoms with Crippen molar-refractivity contribution in [3.05, 3.63) is 58.6 Å². The molecule has 1 saturated carbocycles. The Labute approximate surface area is 213 Å². The van der Waals surface area contributed by atoms with Crippen LogP contribution in [0, 0.1) is 11.6 Å². The number of carboxylic acid groups (broad SMARTS) is 1. The van der Waals surface area contributed by atoms with Crippen molar-refractivity contribution in [2.75, 3.05) is 36.4 Å². The van der Waals surface area contributed by atoms with E-state index in [1.54, 1.807) is 0 Å². The number of carboxylic acids is 1. The first kappa shape index (κ1) is 26.8. The van der Waals surface area contributed by atoms with E-state index < -0.39 is 23.8 Å². The van der Waals surface area contributed by atoms with Crippen molar-refractivity contribution in [2.45, 2.75) is 31.6 Å². The number of hydrogen-bond donors (Lipinski definition) is 2. The number of alkyl halides is 3. The highest BCUT2D eigenvalue weighted by Gasteiger charge is 2.38. The van der Waals surface area contributed by atoms with E-state index in [0.717, 1.165) is 62.7 Å². The Balaban J connectivity index is 0.000000405. The number of nitrogens with one attached hydrogen (secondary N) is 1. The zero-order valence-electron chi connectivity index (χ0n) is 19.4. The summed E-state index contributed by atoms with van der Waals surface area (Å²) in [6, 6.07) is 10.5. The van der Waals surface area contributed by atoms with Gasteiger partial charge in [-0.05, 0) is 30.5 Å². The molecule has 2 N–H and O–H groups in total. The van der Waals surface area contributed by atoms with Crippen molar-refractivity contribution in [1.29, 1.82) is 0 Å². The van der Waals surface area contributed by atoms with Crippen LogP contribution in [0.15, 0.2) is 36.4 Å². The molecule has 198 valence electrons. The monoisotopic (exact) mass is 543 g/mol. The fourth-order valence-electron chi connectivity index (χ4n) is 3.79. The molecule has 0 radical (unpaired) electrons. The van der Waals surface area contributed by atoms with Gasteiger partial charge < -0.3 is 15.3 Å². The Kier molecular flexibility index (Phi) is 7.98. The van der Waals surface area contributed by atoms with Crippen LogP contribution in [0.2, 0.25) is 5.02 Å². The third kappa shape index (κ3) is 7.16. The van der Waals surface area contributed by atoms with Crippen molar-refractivity contribution < 1.29 is 31.9 Å². The van der Waals surface area contributed by atoms with Crippen LogP contribution in [0.25, 0.3) is 11.0 Å². The van der Waals surface area contributed by atoms with Crippen LogP contribution in [0.3, 0.4) is 0 Å². The Morgan fingerprint density at radius 3 is 2.16 bits per heavy atom. The fourth-order valence-corrected chi connectivity index (χ4v) is 4.00. The zero-order chi connectivity index (χ0) is 26.7. The Hall–Kier alpha value is -3.25. The first-order valence-electron chi connectivity index (χ1n) is 11.4. The summed E-state index contributed by atoms with van der Waals surface area (Å²) in [7, 11) is 0. The van der Waals surface area contributed by atoms with Crippen molar-refractivity contribution in [3.8, 4) is 0 Å². The molecule has 2 fully saturated rings. The van der Waals surface area contributed by atoms with E-state index in [2.05, 4.69) is 31.2 Å². The number of fused-ring (bicyclic) bond motifs is 1. The van der Waals surface area contributed by atoms with Gasteiger partial charge in [-0.1, -0.05) is 23.7 Å². The quantitative estimate of drug-likeness (QED) is 0.434. The van der Waals surface area contributed by atoms with E-state index in [9.17, 15) is 22.0 Å². The third-order valence-electron chi connectivity index (χ3n) is 5.82. The molecule has 37 heavy (non-hydrogen) atoms. The number of aromatic nitrogens is 2. The zero-order valence-corrected chi connectivity index (χ0v) is 20.2. The average molecular weight is 544 g/mol. The first-order valence-corrected chi connectivity index (χ1v) is 11.8. The Morgan fingerprint density at radius 2 is 1.62 bits per heavy atom. The highest BCUT2D eigenvalue weighted by molar-refractivity contribution is 6.30. The maximum Gasteiger partial charge on any atom is 0.490 e. The molecule has 13 heteroatoms. The van der Waals surface area contributed by atoms with Crippen LogP contribution in [0.5, 0.6) is 0 Å². The molecule has 1 aliphatic carbocycles. The summed E-state index contributed by atoms with van der Waals surface area (Å²) in [6.07, 6.45) is -2.91. The molecule has 0 spiro atoms. The lowest BCUT2D eigenvalue weighted by molar-refractivity contribution is -0.192. The van der Waals surface area contributed by atoms with Crippen molar-refractivity contribution in [3.63, 3.8) is 0 Å². The number of piperazine rings is 1. The van der Waals surface area contributed by atoms with Gasteiger partial charge in [0.05, 0.1) is 11.0 Å². The Bertz CT molecular complexity index is 1280. The molecule has 2 heterocycles. The molecule has 7 nitrogen and oxygen atoms in total. The predicted molar refractivity (Wildman–Crippen MR) is 129 cm³/mol. The van der Waals surface area contributed by atoms with Crippen molar-refractivity contribution in [1.82, 2.24) is 14.9 Å². The number of halogens is 6. The summed E-state index contributed by atoms with van der Waals surface area (Å²) in [5.41, 5.74) is 1.92. The van der Waals surface area contributed by atoms with Gasteiger partial charge in [0.1, 0.15) is 0 Å². The number of nitrogens with zero attached hydrogens (tertiary/aromatic N) is 4. The lowest BCUT2D eigenvalue weighted by atomic mass is 10.2. The SMILES string of the molecule is Fc1cc2nc(NC3CC3)c(N3CCN(Cc4cccc(Cl)c4)CC3)nc2cc1F.O=C(O)C(F)(F)F. The molecule has 1 saturated heterocycles. The summed E-state index contributed by atoms with van der Waals surface area (Å²) >= 11 is 6.10. The standard InChI is InChI=1S/C22H22ClF2N5.C2HF3O2/c23-15-3-1-2-14(10-15)13-29-6-8-30(9-7-29)22-21(26-16-4-5-16)27-19-11-17(24)18(25)12-20(19)28-22;3-2(4,5)1(6)7/h1-3,10-12,16H,4-9,13H2,(H,26,27);(H,6,7). The third-order valence-corrected chi connectivity index (χ3v) is 6.05. The van der Waals surface area contributed by atoms with Crippen LogP contribution in [-0.4, -0.2) is 64.3 Å². The molecular weight excluding hydrogens is 521 g/mol. The molecule has 0 atom stereocenters. The molecule has 0 amide bonds. The van der Waals surface area contributed by atoms with Crippen LogP contribution in [-0.2, 0) is 11.3 Å². The van der Waals surface area contributed by atoms with Crippen LogP contribution >= 0.6 is 11.6 Å². The van der Waals surface area contributed by atoms with Crippen LogP contribution in [0.4, 0.5) is 33.6 Å². The van der Waals surface area contributed by atoms with Gasteiger partial charge in [-0.25, -0.2) is 23.5 Å². The summed E-state index contributed by atoms with van der Waals surface area (Å²) < 4.78 is 59.1. The minimum Gasteiger partial charge on any atom is -0.475 e. The van der Waals surface area contributed by atoms with Crippen molar-refractivity contribution in [2.24, 2.45) is 0 Å². The first-order chi connectivity index (χ1) is 17.5. The highest BCUT2D eigenvalue weighted by atomic mass is 35.5. The highest BCUT2D eigenvalue weighted by Crippen LogP contribution is 2.32. The lowest BCUT2D eigenvalue weighted by Gasteiger charge is -2.36. The second-order valence-corrected chi connectivity index (χ2v) is 9.20. The molecule has 2 aromatic carbocycles. The van der Waals surface area contributed by atoms with E-state index >= 15 is 0 Å². The molecule has 0 unspecified atom stereocenters. The topological polar surface area (TPSA) is 81.6 Å². The Morgan fingerprint density at radius 1 is 1.03 bits per heavy atom. The number of carbonyl (C=O) groups is 1. The predicted octanol–water partition coefficient (Wildman–Crippen LogP) is 5.09. The van der Waals surface area contributed by atoms with Crippen LogP contribution in [0.1, 0.15) is 18.4 Å². The number of anilines is 2. The second-order valence-electron chi connectivity index (χ2n) is 8.77. The minimum atomic E-state index is -5.08. The normalized spacial score (nSPS) is 16.3. The lowest BCUT2D eigenvalue weighted by Crippen LogP contribution is -2.46. The maximum atomic E-state index is 13.7. The fraction of sp³-hybridized carbons (Fsp3) is 0.375. The van der Waals surface area contributed by atoms with Crippen LogP contribution < -0.4 is 10.2 Å². The van der Waals surface area contributed by atoms with Gasteiger partial charge in [0.25, 0.3) is 0 Å². The summed E-state index contributed by atoms with van der Waals surface area (Å²) in [5, 5.41) is 11.3. The summed E-state index contributed by atoms with van der Waals surface area (Å²) in [5.74, 6) is -3.21. The molecule has 1 aromatic heterocycles. The minimum absolute atomic E-state index is 0.361. The van der Waals surface area contributed by atoms with Gasteiger partial charge in [-0.15, -0.1) is 0 Å². The molecule has 0 bridgehead atoms. The van der Waals surface area contributed by atoms with Gasteiger partial charge in [0.2, 0.25) is 0 Å². The van der Waals surface area contributed by atoms with Gasteiger partial charge >= 0.3 is 12.1 Å². The van der Waals surface area contributed by atoms with E-state index in [1.807, 2.05) is 18.2 Å².